The molecule has 25 heavy (non-hydrogen) atoms. The van der Waals surface area contributed by atoms with Gasteiger partial charge < -0.3 is 24.6 Å². The number of nitrogens with one attached hydrogen (secondary N) is 2. The number of carbonyl (C=O) groups excluding carboxylic acids is 3. The minimum absolute atomic E-state index is 0.193. The van der Waals surface area contributed by atoms with Gasteiger partial charge in [0.25, 0.3) is 0 Å². The molecule has 2 heterocycles. The van der Waals surface area contributed by atoms with Crippen LogP contribution in [-0.2, 0) is 14.3 Å². The number of hydrogen-bond acceptors (Lipinski definition) is 7. The quantitative estimate of drug-likeness (QED) is 0.742. The Balaban J connectivity index is 2.24. The molecule has 0 aliphatic carbocycles. The maximum Gasteiger partial charge on any atom is 0.344 e. The minimum atomic E-state index is -0.646. The van der Waals surface area contributed by atoms with E-state index in [1.54, 1.807) is 20.8 Å². The van der Waals surface area contributed by atoms with E-state index in [0.717, 1.165) is 0 Å². The number of amides is 2. The van der Waals surface area contributed by atoms with Gasteiger partial charge in [-0.15, -0.1) is 0 Å². The van der Waals surface area contributed by atoms with Crippen LogP contribution in [0.4, 0.5) is 4.79 Å². The molecule has 0 aromatic carbocycles. The van der Waals surface area contributed by atoms with Crippen molar-refractivity contribution in [2.45, 2.75) is 40.2 Å². The molecule has 1 aromatic heterocycles. The Labute approximate surface area is 144 Å². The molecule has 0 radical (unpaired) electrons. The molecule has 0 saturated carbocycles. The average Bonchev–Trinajstić information content (AvgIpc) is 2.90. The molecule has 0 bridgehead atoms. The topological polar surface area (TPSA) is 120 Å². The highest BCUT2D eigenvalue weighted by Crippen LogP contribution is 2.19. The summed E-state index contributed by atoms with van der Waals surface area (Å²) in [6.45, 7) is 6.64. The summed E-state index contributed by atoms with van der Waals surface area (Å²) in [5, 5.41) is 8.85. The van der Waals surface area contributed by atoms with E-state index in [2.05, 4.69) is 15.8 Å². The number of carbonyl (C=O) groups is 3. The van der Waals surface area contributed by atoms with Crippen molar-refractivity contribution in [3.63, 3.8) is 0 Å². The van der Waals surface area contributed by atoms with Gasteiger partial charge in [-0.05, 0) is 27.2 Å². The highest BCUT2D eigenvalue weighted by atomic mass is 16.5. The van der Waals surface area contributed by atoms with Crippen molar-refractivity contribution in [3.8, 4) is 0 Å². The van der Waals surface area contributed by atoms with Gasteiger partial charge in [-0.25, -0.2) is 14.4 Å². The molecule has 1 aliphatic heterocycles. The van der Waals surface area contributed by atoms with Crippen LogP contribution in [0.1, 0.15) is 42.1 Å². The highest BCUT2D eigenvalue weighted by Gasteiger charge is 2.32. The van der Waals surface area contributed by atoms with Crippen LogP contribution in [0.2, 0.25) is 0 Å². The van der Waals surface area contributed by atoms with E-state index in [1.807, 2.05) is 6.92 Å². The molecule has 2 rings (SSSR count). The summed E-state index contributed by atoms with van der Waals surface area (Å²) in [6.07, 6.45) is 0.489. The Bertz CT molecular complexity index is 702. The maximum absolute atomic E-state index is 12.2. The maximum atomic E-state index is 12.2. The average molecular weight is 351 g/mol. The van der Waals surface area contributed by atoms with Crippen molar-refractivity contribution in [1.29, 1.82) is 0 Å². The molecule has 0 spiro atoms. The van der Waals surface area contributed by atoms with Gasteiger partial charge >= 0.3 is 18.0 Å². The molecule has 2 N–H and O–H groups in total. The number of hydrogen-bond donors (Lipinski definition) is 2. The first-order valence-corrected chi connectivity index (χ1v) is 7.96. The Kier molecular flexibility index (Phi) is 5.79. The van der Waals surface area contributed by atoms with Gasteiger partial charge in [0.05, 0.1) is 29.6 Å². The second kappa shape index (κ2) is 7.82. The van der Waals surface area contributed by atoms with Gasteiger partial charge in [-0.2, -0.15) is 0 Å². The summed E-state index contributed by atoms with van der Waals surface area (Å²) in [4.78, 5) is 36.2. The van der Waals surface area contributed by atoms with Gasteiger partial charge in [0.2, 0.25) is 0 Å². The van der Waals surface area contributed by atoms with E-state index >= 15 is 0 Å². The first-order valence-electron chi connectivity index (χ1n) is 7.96. The van der Waals surface area contributed by atoms with Crippen molar-refractivity contribution in [2.24, 2.45) is 0 Å². The molecule has 2 amide bonds. The van der Waals surface area contributed by atoms with Gasteiger partial charge in [0, 0.05) is 0 Å². The zero-order valence-corrected chi connectivity index (χ0v) is 14.6. The van der Waals surface area contributed by atoms with Gasteiger partial charge in [-0.1, -0.05) is 12.1 Å². The van der Waals surface area contributed by atoms with Crippen molar-refractivity contribution >= 4 is 18.0 Å². The molecule has 9 nitrogen and oxygen atoms in total. The normalized spacial score (nSPS) is 17.0. The lowest BCUT2D eigenvalue weighted by molar-refractivity contribution is -0.139. The monoisotopic (exact) mass is 351 g/mol. The molecule has 0 fully saturated rings. The van der Waals surface area contributed by atoms with E-state index in [-0.39, 0.29) is 30.0 Å². The zero-order chi connectivity index (χ0) is 18.6. The highest BCUT2D eigenvalue weighted by molar-refractivity contribution is 5.95. The number of nitrogens with zero attached hydrogens (tertiary/aromatic N) is 1. The van der Waals surface area contributed by atoms with Crippen molar-refractivity contribution < 1.29 is 28.4 Å². The number of rotatable bonds is 6. The Morgan fingerprint density at radius 1 is 1.20 bits per heavy atom. The van der Waals surface area contributed by atoms with Crippen LogP contribution < -0.4 is 10.6 Å². The zero-order valence-electron chi connectivity index (χ0n) is 14.6. The first kappa shape index (κ1) is 18.5. The number of aryl methyl sites for hydroxylation is 2. The lowest BCUT2D eigenvalue weighted by Crippen LogP contribution is -2.51. The summed E-state index contributed by atoms with van der Waals surface area (Å²) in [7, 11) is 0. The SMILES string of the molecule is CCOC(=O)C1=C(COC(=O)c2c(C)noc2C)NC(=O)N[C@H]1CC. The van der Waals surface area contributed by atoms with Crippen LogP contribution in [0.3, 0.4) is 0 Å². The Hall–Kier alpha value is -2.84. The summed E-state index contributed by atoms with van der Waals surface area (Å²) in [5.74, 6) is -0.874. The summed E-state index contributed by atoms with van der Waals surface area (Å²) < 4.78 is 15.2. The molecular formula is C16H21N3O6. The van der Waals surface area contributed by atoms with Gasteiger partial charge in [-0.3, -0.25) is 0 Å². The van der Waals surface area contributed by atoms with Crippen LogP contribution in [0.15, 0.2) is 15.8 Å². The Morgan fingerprint density at radius 3 is 2.48 bits per heavy atom. The summed E-state index contributed by atoms with van der Waals surface area (Å²) in [6, 6.07) is -0.983. The van der Waals surface area contributed by atoms with Crippen LogP contribution in [0, 0.1) is 13.8 Å². The molecule has 1 aromatic rings. The minimum Gasteiger partial charge on any atom is -0.463 e. The fourth-order valence-corrected chi connectivity index (χ4v) is 2.56. The number of ether oxygens (including phenoxy) is 2. The van der Waals surface area contributed by atoms with Crippen LogP contribution >= 0.6 is 0 Å². The molecule has 1 atom stereocenters. The molecular weight excluding hydrogens is 330 g/mol. The number of urea groups is 1. The van der Waals surface area contributed by atoms with Crippen molar-refractivity contribution in [2.75, 3.05) is 13.2 Å². The van der Waals surface area contributed by atoms with E-state index in [0.29, 0.717) is 17.9 Å². The van der Waals surface area contributed by atoms with Crippen LogP contribution in [0.25, 0.3) is 0 Å². The predicted molar refractivity (Wildman–Crippen MR) is 85.7 cm³/mol. The fraction of sp³-hybridized carbons (Fsp3) is 0.500. The van der Waals surface area contributed by atoms with E-state index in [4.69, 9.17) is 14.0 Å². The second-order valence-electron chi connectivity index (χ2n) is 5.45. The van der Waals surface area contributed by atoms with E-state index in [9.17, 15) is 14.4 Å². The third kappa shape index (κ3) is 3.98. The van der Waals surface area contributed by atoms with Crippen LogP contribution in [0.5, 0.6) is 0 Å². The lowest BCUT2D eigenvalue weighted by atomic mass is 10.0. The summed E-state index contributed by atoms with van der Waals surface area (Å²) in [5.41, 5.74) is 1.08. The van der Waals surface area contributed by atoms with E-state index in [1.165, 1.54) is 0 Å². The third-order valence-electron chi connectivity index (χ3n) is 3.73. The molecule has 0 unspecified atom stereocenters. The Morgan fingerprint density at radius 2 is 1.92 bits per heavy atom. The van der Waals surface area contributed by atoms with Crippen molar-refractivity contribution in [1.82, 2.24) is 15.8 Å². The van der Waals surface area contributed by atoms with E-state index < -0.39 is 24.0 Å². The largest absolute Gasteiger partial charge is 0.463 e. The molecule has 1 aliphatic rings. The fourth-order valence-electron chi connectivity index (χ4n) is 2.56. The van der Waals surface area contributed by atoms with Crippen molar-refractivity contribution in [3.05, 3.63) is 28.3 Å². The van der Waals surface area contributed by atoms with Gasteiger partial charge in [0.15, 0.2) is 0 Å². The van der Waals surface area contributed by atoms with Gasteiger partial charge in [0.1, 0.15) is 17.9 Å². The number of aromatic nitrogens is 1. The smallest absolute Gasteiger partial charge is 0.344 e. The lowest BCUT2D eigenvalue weighted by Gasteiger charge is -2.28. The van der Waals surface area contributed by atoms with Crippen LogP contribution in [-0.4, -0.2) is 42.4 Å². The standard InChI is InChI=1S/C16H21N3O6/c1-5-10-13(15(21)23-6-2)11(18-16(22)17-10)7-24-14(20)12-8(3)19-25-9(12)4/h10H,5-7H2,1-4H3,(H2,17,18,22)/t10-/m0/s1. The summed E-state index contributed by atoms with van der Waals surface area (Å²) >= 11 is 0. The number of esters is 2. The predicted octanol–water partition coefficient (Wildman–Crippen LogP) is 1.36. The second-order valence-corrected chi connectivity index (χ2v) is 5.45. The molecule has 136 valence electrons. The molecule has 9 heteroatoms. The molecule has 0 saturated heterocycles. The first-order chi connectivity index (χ1) is 11.9. The third-order valence-corrected chi connectivity index (χ3v) is 3.73.